The van der Waals surface area contributed by atoms with Crippen LogP contribution in [0.15, 0.2) is 12.1 Å². The Bertz CT molecular complexity index is 469. The molecule has 3 N–H and O–H groups in total. The average molecular weight is 330 g/mol. The van der Waals surface area contributed by atoms with Gasteiger partial charge in [0.15, 0.2) is 0 Å². The lowest BCUT2D eigenvalue weighted by Gasteiger charge is -2.39. The quantitative estimate of drug-likeness (QED) is 0.873. The van der Waals surface area contributed by atoms with E-state index in [1.54, 1.807) is 18.3 Å². The van der Waals surface area contributed by atoms with Gasteiger partial charge in [0.2, 0.25) is 5.91 Å². The smallest absolute Gasteiger partial charge is 0.216 e. The Kier molecular flexibility index (Phi) is 6.05. The number of thiophene rings is 1. The normalized spacial score (nSPS) is 20.2. The number of nitrogens with one attached hydrogen (secondary N) is 1. The van der Waals surface area contributed by atoms with E-state index in [0.29, 0.717) is 5.92 Å². The summed E-state index contributed by atoms with van der Waals surface area (Å²) in [5, 5.41) is 2.92. The number of hydrogen-bond acceptors (Lipinski definition) is 4. The Morgan fingerprint density at radius 3 is 2.67 bits per heavy atom. The van der Waals surface area contributed by atoms with Crippen LogP contribution in [0.2, 0.25) is 4.34 Å². The number of hydrogen-bond donors (Lipinski definition) is 2. The molecule has 2 rings (SSSR count). The molecule has 0 aliphatic carbocycles. The first kappa shape index (κ1) is 16.7. The molecule has 1 aromatic heterocycles. The van der Waals surface area contributed by atoms with Crippen molar-refractivity contribution in [1.82, 2.24) is 10.2 Å². The van der Waals surface area contributed by atoms with Gasteiger partial charge in [0, 0.05) is 24.4 Å². The highest BCUT2D eigenvalue weighted by Gasteiger charge is 2.29. The molecule has 4 nitrogen and oxygen atoms in total. The molecule has 0 bridgehead atoms. The van der Waals surface area contributed by atoms with Crippen molar-refractivity contribution >= 4 is 28.8 Å². The number of nitrogens with two attached hydrogens (primary N) is 1. The van der Waals surface area contributed by atoms with E-state index in [9.17, 15) is 4.79 Å². The number of nitrogens with zero attached hydrogens (tertiary/aromatic N) is 1. The first-order valence-corrected chi connectivity index (χ1v) is 8.66. The van der Waals surface area contributed by atoms with Crippen molar-refractivity contribution in [2.45, 2.75) is 38.8 Å². The van der Waals surface area contributed by atoms with Gasteiger partial charge in [-0.2, -0.15) is 0 Å². The zero-order chi connectivity index (χ0) is 15.4. The summed E-state index contributed by atoms with van der Waals surface area (Å²) in [7, 11) is 0. The summed E-state index contributed by atoms with van der Waals surface area (Å²) in [5.74, 6) is 0.630. The minimum Gasteiger partial charge on any atom is -0.356 e. The summed E-state index contributed by atoms with van der Waals surface area (Å²) < 4.78 is 0.816. The lowest BCUT2D eigenvalue weighted by molar-refractivity contribution is -0.119. The number of halogens is 1. The zero-order valence-electron chi connectivity index (χ0n) is 12.6. The summed E-state index contributed by atoms with van der Waals surface area (Å²) in [4.78, 5) is 14.7. The summed E-state index contributed by atoms with van der Waals surface area (Å²) in [6.07, 6.45) is 2.20. The maximum atomic E-state index is 11.0. The fraction of sp³-hybridized carbons (Fsp3) is 0.667. The van der Waals surface area contributed by atoms with E-state index < -0.39 is 0 Å². The van der Waals surface area contributed by atoms with Crippen LogP contribution in [-0.2, 0) is 4.79 Å². The van der Waals surface area contributed by atoms with Crippen molar-refractivity contribution in [3.8, 4) is 0 Å². The Morgan fingerprint density at radius 1 is 1.52 bits per heavy atom. The number of likely N-dealkylation sites (tertiary alicyclic amines) is 1. The van der Waals surface area contributed by atoms with E-state index in [2.05, 4.69) is 23.2 Å². The molecule has 2 atom stereocenters. The highest BCUT2D eigenvalue weighted by atomic mass is 35.5. The van der Waals surface area contributed by atoms with Gasteiger partial charge in [0.1, 0.15) is 0 Å². The van der Waals surface area contributed by atoms with E-state index in [1.165, 1.54) is 4.88 Å². The number of carbonyl (C=O) groups excluding carboxylic acids is 1. The predicted octanol–water partition coefficient (Wildman–Crippen LogP) is 2.64. The van der Waals surface area contributed by atoms with E-state index in [0.717, 1.165) is 36.8 Å². The maximum Gasteiger partial charge on any atom is 0.216 e. The van der Waals surface area contributed by atoms with Gasteiger partial charge in [-0.15, -0.1) is 11.3 Å². The topological polar surface area (TPSA) is 58.4 Å². The van der Waals surface area contributed by atoms with Crippen LogP contribution in [0.5, 0.6) is 0 Å². The molecule has 0 aromatic carbocycles. The molecule has 6 heteroatoms. The monoisotopic (exact) mass is 329 g/mol. The van der Waals surface area contributed by atoms with Gasteiger partial charge in [-0.3, -0.25) is 9.69 Å². The number of amides is 1. The number of carbonyl (C=O) groups is 1. The standard InChI is InChI=1S/C15H24ClN3OS/c1-10(17)15(13-3-4-14(16)21-13)19-7-5-12(6-8-19)9-18-11(2)20/h3-4,10,12,15H,5-9,17H2,1-2H3,(H,18,20). The SMILES string of the molecule is CC(=O)NCC1CCN(C(c2ccc(Cl)s2)C(C)N)CC1. The van der Waals surface area contributed by atoms with Crippen LogP contribution in [0.4, 0.5) is 0 Å². The van der Waals surface area contributed by atoms with Crippen LogP contribution in [0, 0.1) is 5.92 Å². The second-order valence-corrected chi connectivity index (χ2v) is 7.61. The van der Waals surface area contributed by atoms with Crippen LogP contribution in [0.1, 0.15) is 37.6 Å². The molecular weight excluding hydrogens is 306 g/mol. The largest absolute Gasteiger partial charge is 0.356 e. The Labute approximate surface area is 135 Å². The molecule has 1 saturated heterocycles. The third kappa shape index (κ3) is 4.68. The molecular formula is C15H24ClN3OS. The Hall–Kier alpha value is -0.620. The van der Waals surface area contributed by atoms with Crippen LogP contribution >= 0.6 is 22.9 Å². The van der Waals surface area contributed by atoms with Gasteiger partial charge in [-0.05, 0) is 50.9 Å². The third-order valence-corrected chi connectivity index (χ3v) is 5.37. The molecule has 1 aromatic rings. The summed E-state index contributed by atoms with van der Waals surface area (Å²) in [5.41, 5.74) is 6.21. The number of rotatable bonds is 5. The molecule has 0 spiro atoms. The van der Waals surface area contributed by atoms with Crippen molar-refractivity contribution in [1.29, 1.82) is 0 Å². The molecule has 1 fully saturated rings. The van der Waals surface area contributed by atoms with E-state index >= 15 is 0 Å². The Balaban J connectivity index is 1.93. The van der Waals surface area contributed by atoms with Crippen LogP contribution in [-0.4, -0.2) is 36.5 Å². The van der Waals surface area contributed by atoms with Crippen molar-refractivity contribution < 1.29 is 4.79 Å². The molecule has 1 amide bonds. The lowest BCUT2D eigenvalue weighted by atomic mass is 9.94. The van der Waals surface area contributed by atoms with Crippen molar-refractivity contribution in [2.24, 2.45) is 11.7 Å². The predicted molar refractivity (Wildman–Crippen MR) is 88.7 cm³/mol. The molecule has 1 aliphatic rings. The molecule has 2 unspecified atom stereocenters. The first-order chi connectivity index (χ1) is 9.97. The highest BCUT2D eigenvalue weighted by Crippen LogP contribution is 2.34. The number of piperidine rings is 1. The molecule has 1 aliphatic heterocycles. The highest BCUT2D eigenvalue weighted by molar-refractivity contribution is 7.16. The van der Waals surface area contributed by atoms with Gasteiger partial charge >= 0.3 is 0 Å². The molecule has 0 radical (unpaired) electrons. The minimum atomic E-state index is 0.0547. The second kappa shape index (κ2) is 7.58. The van der Waals surface area contributed by atoms with Crippen LogP contribution < -0.4 is 11.1 Å². The average Bonchev–Trinajstić information content (AvgIpc) is 2.84. The molecule has 118 valence electrons. The summed E-state index contributed by atoms with van der Waals surface area (Å²) in [6.45, 7) is 6.46. The van der Waals surface area contributed by atoms with Crippen LogP contribution in [0.3, 0.4) is 0 Å². The van der Waals surface area contributed by atoms with Gasteiger partial charge in [-0.1, -0.05) is 11.6 Å². The van der Waals surface area contributed by atoms with E-state index in [-0.39, 0.29) is 18.0 Å². The molecule has 2 heterocycles. The van der Waals surface area contributed by atoms with Crippen molar-refractivity contribution in [3.63, 3.8) is 0 Å². The Morgan fingerprint density at radius 2 is 2.19 bits per heavy atom. The third-order valence-electron chi connectivity index (χ3n) is 4.07. The van der Waals surface area contributed by atoms with Gasteiger partial charge in [-0.25, -0.2) is 0 Å². The van der Waals surface area contributed by atoms with E-state index in [1.807, 2.05) is 6.07 Å². The zero-order valence-corrected chi connectivity index (χ0v) is 14.2. The molecule has 0 saturated carbocycles. The van der Waals surface area contributed by atoms with Gasteiger partial charge in [0.05, 0.1) is 10.4 Å². The van der Waals surface area contributed by atoms with Gasteiger partial charge < -0.3 is 11.1 Å². The second-order valence-electron chi connectivity index (χ2n) is 5.86. The fourth-order valence-electron chi connectivity index (χ4n) is 2.98. The van der Waals surface area contributed by atoms with E-state index in [4.69, 9.17) is 17.3 Å². The fourth-order valence-corrected chi connectivity index (χ4v) is 4.29. The summed E-state index contributed by atoms with van der Waals surface area (Å²) >= 11 is 7.68. The van der Waals surface area contributed by atoms with Crippen molar-refractivity contribution in [2.75, 3.05) is 19.6 Å². The first-order valence-electron chi connectivity index (χ1n) is 7.46. The van der Waals surface area contributed by atoms with Crippen LogP contribution in [0.25, 0.3) is 0 Å². The summed E-state index contributed by atoms with van der Waals surface area (Å²) in [6, 6.07) is 4.35. The lowest BCUT2D eigenvalue weighted by Crippen LogP contribution is -2.44. The van der Waals surface area contributed by atoms with Gasteiger partial charge in [0.25, 0.3) is 0 Å². The van der Waals surface area contributed by atoms with Crippen molar-refractivity contribution in [3.05, 3.63) is 21.3 Å². The maximum absolute atomic E-state index is 11.0. The minimum absolute atomic E-state index is 0.0547. The molecule has 21 heavy (non-hydrogen) atoms.